The lowest BCUT2D eigenvalue weighted by molar-refractivity contribution is 0.224. The number of sulfonamides is 1. The van der Waals surface area contributed by atoms with Gasteiger partial charge in [-0.1, -0.05) is 0 Å². The molecule has 7 nitrogen and oxygen atoms in total. The van der Waals surface area contributed by atoms with Crippen molar-refractivity contribution in [3.8, 4) is 0 Å². The molecule has 0 saturated heterocycles. The lowest BCUT2D eigenvalue weighted by Crippen LogP contribution is -2.11. The van der Waals surface area contributed by atoms with Gasteiger partial charge >= 0.3 is 7.74 Å². The average Bonchev–Trinajstić information content (AvgIpc) is 2.36. The van der Waals surface area contributed by atoms with Gasteiger partial charge in [0.2, 0.25) is 10.0 Å². The highest BCUT2D eigenvalue weighted by atomic mass is 32.2. The summed E-state index contributed by atoms with van der Waals surface area (Å²) >= 11 is 0. The predicted octanol–water partition coefficient (Wildman–Crippen LogP) is 1.85. The fourth-order valence-electron chi connectivity index (χ4n) is 1.19. The molecule has 0 aliphatic heterocycles. The molecule has 18 heavy (non-hydrogen) atoms. The van der Waals surface area contributed by atoms with Crippen LogP contribution in [-0.2, 0) is 23.6 Å². The molecule has 2 N–H and O–H groups in total. The molecule has 0 aliphatic carbocycles. The number of rotatable bonds is 5. The monoisotopic (exact) mass is 294 g/mol. The number of benzene rings is 1. The average molecular weight is 294 g/mol. The van der Waals surface area contributed by atoms with Crippen LogP contribution >= 0.6 is 7.74 Å². The first-order chi connectivity index (χ1) is 8.37. The number of hydrogen-bond acceptors (Lipinski definition) is 6. The SMILES string of the molecule is COP(=Nc1ccc(S(N)(=O)=O)cc1)(OC)OC. The first-order valence-corrected chi connectivity index (χ1v) is 7.83. The summed E-state index contributed by atoms with van der Waals surface area (Å²) in [7, 11) is -2.22. The van der Waals surface area contributed by atoms with Crippen molar-refractivity contribution in [3.05, 3.63) is 24.3 Å². The quantitative estimate of drug-likeness (QED) is 0.835. The summed E-state index contributed by atoms with van der Waals surface area (Å²) in [4.78, 5) is 0.0117. The van der Waals surface area contributed by atoms with E-state index in [0.717, 1.165) is 0 Å². The standard InChI is InChI=1S/C9H15N2O5PS/c1-14-17(15-2,16-3)11-8-4-6-9(7-5-8)18(10,12)13/h4-7H,1-3H3,(H2,10,12,13). The first kappa shape index (κ1) is 15.3. The molecule has 1 rings (SSSR count). The topological polar surface area (TPSA) is 100 Å². The zero-order valence-electron chi connectivity index (χ0n) is 10.2. The summed E-state index contributed by atoms with van der Waals surface area (Å²) in [5.74, 6) is 0. The third-order valence-corrected chi connectivity index (χ3v) is 4.88. The molecular formula is C9H15N2O5PS. The predicted molar refractivity (Wildman–Crippen MR) is 67.9 cm³/mol. The molecule has 0 spiro atoms. The highest BCUT2D eigenvalue weighted by Gasteiger charge is 2.18. The van der Waals surface area contributed by atoms with Crippen molar-refractivity contribution in [2.75, 3.05) is 21.3 Å². The van der Waals surface area contributed by atoms with Gasteiger partial charge in [0, 0.05) is 21.3 Å². The fourth-order valence-corrected chi connectivity index (χ4v) is 2.81. The summed E-state index contributed by atoms with van der Waals surface area (Å²) in [5.41, 5.74) is 0.473. The first-order valence-electron chi connectivity index (χ1n) is 4.79. The van der Waals surface area contributed by atoms with Crippen LogP contribution in [0.25, 0.3) is 0 Å². The van der Waals surface area contributed by atoms with E-state index in [1.54, 1.807) is 0 Å². The lowest BCUT2D eigenvalue weighted by Gasteiger charge is -2.17. The zero-order chi connectivity index (χ0) is 13.8. The molecule has 0 fully saturated rings. The van der Waals surface area contributed by atoms with Gasteiger partial charge in [-0.15, -0.1) is 0 Å². The Morgan fingerprint density at radius 3 is 1.83 bits per heavy atom. The van der Waals surface area contributed by atoms with Crippen LogP contribution in [0, 0.1) is 0 Å². The fraction of sp³-hybridized carbons (Fsp3) is 0.333. The van der Waals surface area contributed by atoms with Crippen LogP contribution in [0.2, 0.25) is 0 Å². The minimum absolute atomic E-state index is 0.0117. The highest BCUT2D eigenvalue weighted by Crippen LogP contribution is 2.53. The Morgan fingerprint density at radius 2 is 1.50 bits per heavy atom. The molecular weight excluding hydrogens is 279 g/mol. The number of primary sulfonamides is 1. The van der Waals surface area contributed by atoms with E-state index in [9.17, 15) is 8.42 Å². The summed E-state index contributed by atoms with van der Waals surface area (Å²) in [6.45, 7) is 0. The van der Waals surface area contributed by atoms with Crippen LogP contribution < -0.4 is 5.14 Å². The van der Waals surface area contributed by atoms with E-state index < -0.39 is 17.8 Å². The van der Waals surface area contributed by atoms with Crippen LogP contribution in [0.5, 0.6) is 0 Å². The normalized spacial score (nSPS) is 12.4. The minimum Gasteiger partial charge on any atom is -0.306 e. The smallest absolute Gasteiger partial charge is 0.306 e. The molecule has 102 valence electrons. The van der Waals surface area contributed by atoms with Crippen LogP contribution in [0.3, 0.4) is 0 Å². The Bertz CT molecular complexity index is 536. The van der Waals surface area contributed by atoms with Crippen molar-refractivity contribution in [3.63, 3.8) is 0 Å². The molecule has 0 unspecified atom stereocenters. The molecule has 0 bridgehead atoms. The van der Waals surface area contributed by atoms with Crippen LogP contribution in [0.1, 0.15) is 0 Å². The van der Waals surface area contributed by atoms with E-state index in [1.807, 2.05) is 0 Å². The molecule has 0 atom stereocenters. The molecule has 0 radical (unpaired) electrons. The van der Waals surface area contributed by atoms with E-state index in [0.29, 0.717) is 5.69 Å². The van der Waals surface area contributed by atoms with Gasteiger partial charge in [-0.25, -0.2) is 13.6 Å². The van der Waals surface area contributed by atoms with Crippen LogP contribution in [0.4, 0.5) is 5.69 Å². The molecule has 0 amide bonds. The van der Waals surface area contributed by atoms with Gasteiger partial charge < -0.3 is 13.6 Å². The molecule has 9 heteroatoms. The number of hydrogen-bond donors (Lipinski definition) is 1. The van der Waals surface area contributed by atoms with Gasteiger partial charge in [0.15, 0.2) is 0 Å². The second kappa shape index (κ2) is 5.92. The van der Waals surface area contributed by atoms with Crippen molar-refractivity contribution in [2.24, 2.45) is 9.88 Å². The van der Waals surface area contributed by atoms with Crippen molar-refractivity contribution in [2.45, 2.75) is 4.90 Å². The van der Waals surface area contributed by atoms with E-state index >= 15 is 0 Å². The van der Waals surface area contributed by atoms with Crippen molar-refractivity contribution in [1.82, 2.24) is 0 Å². The van der Waals surface area contributed by atoms with E-state index in [2.05, 4.69) is 4.74 Å². The van der Waals surface area contributed by atoms with Gasteiger partial charge in [0.05, 0.1) is 10.6 Å². The van der Waals surface area contributed by atoms with Crippen molar-refractivity contribution < 1.29 is 22.0 Å². The van der Waals surface area contributed by atoms with E-state index in [-0.39, 0.29) is 4.90 Å². The zero-order valence-corrected chi connectivity index (χ0v) is 11.9. The third kappa shape index (κ3) is 3.61. The van der Waals surface area contributed by atoms with Gasteiger partial charge in [-0.3, -0.25) is 0 Å². The molecule has 0 saturated carbocycles. The summed E-state index contributed by atoms with van der Waals surface area (Å²) in [6, 6.07) is 5.69. The largest absolute Gasteiger partial charge is 0.359 e. The Kier molecular flexibility index (Phi) is 5.03. The number of nitrogens with zero attached hydrogens (tertiary/aromatic N) is 1. The molecule has 1 aromatic carbocycles. The summed E-state index contributed by atoms with van der Waals surface area (Å²) in [5, 5.41) is 4.99. The maximum atomic E-state index is 11.1. The van der Waals surface area contributed by atoms with Gasteiger partial charge in [0.25, 0.3) is 0 Å². The van der Waals surface area contributed by atoms with Gasteiger partial charge in [0.1, 0.15) is 0 Å². The van der Waals surface area contributed by atoms with E-state index in [4.69, 9.17) is 18.7 Å². The van der Waals surface area contributed by atoms with Crippen LogP contribution in [0.15, 0.2) is 33.9 Å². The van der Waals surface area contributed by atoms with Crippen LogP contribution in [-0.4, -0.2) is 29.7 Å². The Morgan fingerprint density at radius 1 is 1.06 bits per heavy atom. The van der Waals surface area contributed by atoms with Gasteiger partial charge in [-0.05, 0) is 24.3 Å². The Hall–Kier alpha value is -0.760. The van der Waals surface area contributed by atoms with Gasteiger partial charge in [-0.2, -0.15) is 4.74 Å². The number of nitrogens with two attached hydrogens (primary N) is 1. The van der Waals surface area contributed by atoms with Crippen molar-refractivity contribution in [1.29, 1.82) is 0 Å². The second-order valence-corrected chi connectivity index (χ2v) is 6.95. The molecule has 0 heterocycles. The second-order valence-electron chi connectivity index (χ2n) is 3.16. The highest BCUT2D eigenvalue weighted by molar-refractivity contribution is 7.89. The lowest BCUT2D eigenvalue weighted by atomic mass is 10.3. The molecule has 0 aromatic heterocycles. The summed E-state index contributed by atoms with van der Waals surface area (Å²) in [6.07, 6.45) is 0. The Balaban J connectivity index is 3.17. The third-order valence-electron chi connectivity index (χ3n) is 2.10. The summed E-state index contributed by atoms with van der Waals surface area (Å²) < 4.78 is 41.6. The molecule has 0 aliphatic rings. The maximum absolute atomic E-state index is 11.1. The minimum atomic E-state index is -3.71. The molecule has 1 aromatic rings. The van der Waals surface area contributed by atoms with Crippen molar-refractivity contribution >= 4 is 23.4 Å². The maximum Gasteiger partial charge on any atom is 0.359 e. The van der Waals surface area contributed by atoms with E-state index in [1.165, 1.54) is 45.6 Å². The Labute approximate surface area is 106 Å².